The Bertz CT molecular complexity index is 115. The fraction of sp³-hybridized carbons (Fsp3) is 1.00. The Morgan fingerprint density at radius 2 is 2.00 bits per heavy atom. The highest BCUT2D eigenvalue weighted by molar-refractivity contribution is 4.71. The molecule has 0 unspecified atom stereocenters. The van der Waals surface area contributed by atoms with Gasteiger partial charge < -0.3 is 10.2 Å². The molecule has 78 valence electrons. The molecule has 0 spiro atoms. The Balaban J connectivity index is 2.03. The molecule has 1 aliphatic rings. The summed E-state index contributed by atoms with van der Waals surface area (Å²) in [4.78, 5) is 2.56. The highest BCUT2D eigenvalue weighted by Gasteiger charge is 2.16. The van der Waals surface area contributed by atoms with E-state index in [1.54, 1.807) is 0 Å². The van der Waals surface area contributed by atoms with Crippen molar-refractivity contribution in [1.29, 1.82) is 0 Å². The van der Waals surface area contributed by atoms with Gasteiger partial charge in [0.05, 0.1) is 0 Å². The first kappa shape index (κ1) is 11.0. The molecule has 1 saturated heterocycles. The average molecular weight is 184 g/mol. The lowest BCUT2D eigenvalue weighted by molar-refractivity contribution is 0.185. The van der Waals surface area contributed by atoms with Gasteiger partial charge in [-0.2, -0.15) is 0 Å². The van der Waals surface area contributed by atoms with Crippen molar-refractivity contribution in [2.45, 2.75) is 32.6 Å². The molecule has 1 fully saturated rings. The highest BCUT2D eigenvalue weighted by Crippen LogP contribution is 2.21. The lowest BCUT2D eigenvalue weighted by Gasteiger charge is -2.30. The molecular weight excluding hydrogens is 160 g/mol. The van der Waals surface area contributed by atoms with Crippen molar-refractivity contribution in [1.82, 2.24) is 10.2 Å². The monoisotopic (exact) mass is 184 g/mol. The highest BCUT2D eigenvalue weighted by atomic mass is 15.1. The van der Waals surface area contributed by atoms with Crippen LogP contribution < -0.4 is 5.32 Å². The number of hydrogen-bond acceptors (Lipinski definition) is 2. The second-order valence-electron chi connectivity index (χ2n) is 4.12. The predicted octanol–water partition coefficient (Wildman–Crippen LogP) is 1.72. The Labute approximate surface area is 82.7 Å². The lowest BCUT2D eigenvalue weighted by atomic mass is 9.92. The molecule has 1 rings (SSSR count). The zero-order chi connectivity index (χ0) is 9.52. The Morgan fingerprint density at radius 3 is 2.54 bits per heavy atom. The summed E-state index contributed by atoms with van der Waals surface area (Å²) in [5, 5.41) is 3.22. The fourth-order valence-corrected chi connectivity index (χ4v) is 2.16. The van der Waals surface area contributed by atoms with Crippen molar-refractivity contribution in [2.75, 3.05) is 33.2 Å². The Morgan fingerprint density at radius 1 is 1.31 bits per heavy atom. The van der Waals surface area contributed by atoms with E-state index in [4.69, 9.17) is 0 Å². The summed E-state index contributed by atoms with van der Waals surface area (Å²) in [5.74, 6) is 1.01. The molecule has 0 aromatic carbocycles. The van der Waals surface area contributed by atoms with Crippen LogP contribution in [0, 0.1) is 5.92 Å². The topological polar surface area (TPSA) is 15.3 Å². The molecule has 0 aromatic heterocycles. The standard InChI is InChI=1S/C11H24N2/c1-3-13-9-6-11(7-10-13)5-4-8-12-2/h11-12H,3-10H2,1-2H3. The molecule has 0 atom stereocenters. The van der Waals surface area contributed by atoms with Gasteiger partial charge in [0.25, 0.3) is 0 Å². The third kappa shape index (κ3) is 4.10. The van der Waals surface area contributed by atoms with E-state index in [-0.39, 0.29) is 0 Å². The van der Waals surface area contributed by atoms with E-state index in [2.05, 4.69) is 17.1 Å². The van der Waals surface area contributed by atoms with Gasteiger partial charge in [-0.05, 0) is 64.8 Å². The van der Waals surface area contributed by atoms with Gasteiger partial charge in [-0.15, -0.1) is 0 Å². The number of rotatable bonds is 5. The minimum absolute atomic E-state index is 1.01. The molecule has 13 heavy (non-hydrogen) atoms. The van der Waals surface area contributed by atoms with E-state index in [9.17, 15) is 0 Å². The van der Waals surface area contributed by atoms with Gasteiger partial charge in [-0.3, -0.25) is 0 Å². The third-order valence-corrected chi connectivity index (χ3v) is 3.19. The van der Waals surface area contributed by atoms with Crippen molar-refractivity contribution < 1.29 is 0 Å². The first-order chi connectivity index (χ1) is 6.36. The van der Waals surface area contributed by atoms with E-state index in [0.29, 0.717) is 0 Å². The molecule has 1 heterocycles. The summed E-state index contributed by atoms with van der Waals surface area (Å²) < 4.78 is 0. The quantitative estimate of drug-likeness (QED) is 0.654. The SMILES string of the molecule is CCN1CCC(CCCNC)CC1. The predicted molar refractivity (Wildman–Crippen MR) is 58.0 cm³/mol. The Hall–Kier alpha value is -0.0800. The molecule has 0 bridgehead atoms. The molecule has 0 aliphatic carbocycles. The van der Waals surface area contributed by atoms with Gasteiger partial charge in [0.1, 0.15) is 0 Å². The summed E-state index contributed by atoms with van der Waals surface area (Å²) in [6.45, 7) is 7.36. The van der Waals surface area contributed by atoms with E-state index in [1.807, 2.05) is 7.05 Å². The van der Waals surface area contributed by atoms with Crippen molar-refractivity contribution in [3.05, 3.63) is 0 Å². The molecule has 2 nitrogen and oxygen atoms in total. The second kappa shape index (κ2) is 6.39. The average Bonchev–Trinajstić information content (AvgIpc) is 2.19. The first-order valence-electron chi connectivity index (χ1n) is 5.73. The molecule has 1 aliphatic heterocycles. The van der Waals surface area contributed by atoms with Gasteiger partial charge in [0.2, 0.25) is 0 Å². The molecule has 2 heteroatoms. The van der Waals surface area contributed by atoms with Crippen LogP contribution in [0.15, 0.2) is 0 Å². The summed E-state index contributed by atoms with van der Waals surface area (Å²) in [5.41, 5.74) is 0. The van der Waals surface area contributed by atoms with Crippen LogP contribution in [0.3, 0.4) is 0 Å². The smallest absolute Gasteiger partial charge is 0.00162 e. The number of piperidine rings is 1. The van der Waals surface area contributed by atoms with E-state index in [1.165, 1.54) is 51.9 Å². The number of nitrogens with zero attached hydrogens (tertiary/aromatic N) is 1. The van der Waals surface area contributed by atoms with Crippen LogP contribution in [0.5, 0.6) is 0 Å². The van der Waals surface area contributed by atoms with Gasteiger partial charge >= 0.3 is 0 Å². The van der Waals surface area contributed by atoms with Crippen LogP contribution in [0.1, 0.15) is 32.6 Å². The van der Waals surface area contributed by atoms with Crippen LogP contribution in [0.4, 0.5) is 0 Å². The second-order valence-corrected chi connectivity index (χ2v) is 4.12. The van der Waals surface area contributed by atoms with Gasteiger partial charge in [0, 0.05) is 0 Å². The van der Waals surface area contributed by atoms with Crippen molar-refractivity contribution >= 4 is 0 Å². The number of likely N-dealkylation sites (tertiary alicyclic amines) is 1. The number of nitrogens with one attached hydrogen (secondary N) is 1. The van der Waals surface area contributed by atoms with E-state index >= 15 is 0 Å². The maximum absolute atomic E-state index is 3.22. The Kier molecular flexibility index (Phi) is 5.40. The van der Waals surface area contributed by atoms with Crippen LogP contribution in [0.25, 0.3) is 0 Å². The van der Waals surface area contributed by atoms with Crippen molar-refractivity contribution in [2.24, 2.45) is 5.92 Å². The summed E-state index contributed by atoms with van der Waals surface area (Å²) in [6.07, 6.45) is 5.64. The minimum atomic E-state index is 1.01. The minimum Gasteiger partial charge on any atom is -0.320 e. The van der Waals surface area contributed by atoms with Crippen molar-refractivity contribution in [3.63, 3.8) is 0 Å². The lowest BCUT2D eigenvalue weighted by Crippen LogP contribution is -2.33. The van der Waals surface area contributed by atoms with Gasteiger partial charge in [0.15, 0.2) is 0 Å². The summed E-state index contributed by atoms with van der Waals surface area (Å²) >= 11 is 0. The normalized spacial score (nSPS) is 20.8. The van der Waals surface area contributed by atoms with Crippen LogP contribution in [0.2, 0.25) is 0 Å². The zero-order valence-corrected chi connectivity index (χ0v) is 9.18. The third-order valence-electron chi connectivity index (χ3n) is 3.19. The maximum atomic E-state index is 3.22. The molecule has 0 saturated carbocycles. The van der Waals surface area contributed by atoms with E-state index in [0.717, 1.165) is 5.92 Å². The van der Waals surface area contributed by atoms with E-state index < -0.39 is 0 Å². The van der Waals surface area contributed by atoms with Crippen LogP contribution in [-0.2, 0) is 0 Å². The fourth-order valence-electron chi connectivity index (χ4n) is 2.16. The molecule has 0 radical (unpaired) electrons. The summed E-state index contributed by atoms with van der Waals surface area (Å²) in [6, 6.07) is 0. The molecule has 0 amide bonds. The van der Waals surface area contributed by atoms with Crippen molar-refractivity contribution in [3.8, 4) is 0 Å². The van der Waals surface area contributed by atoms with Gasteiger partial charge in [-0.1, -0.05) is 6.92 Å². The molecular formula is C11H24N2. The zero-order valence-electron chi connectivity index (χ0n) is 9.18. The summed E-state index contributed by atoms with van der Waals surface area (Å²) in [7, 11) is 2.04. The molecule has 1 N–H and O–H groups in total. The molecule has 0 aromatic rings. The first-order valence-corrected chi connectivity index (χ1v) is 5.73. The van der Waals surface area contributed by atoms with Crippen LogP contribution in [-0.4, -0.2) is 38.1 Å². The van der Waals surface area contributed by atoms with Crippen LogP contribution >= 0.6 is 0 Å². The largest absolute Gasteiger partial charge is 0.320 e. The van der Waals surface area contributed by atoms with Gasteiger partial charge in [-0.25, -0.2) is 0 Å². The number of hydrogen-bond donors (Lipinski definition) is 1. The maximum Gasteiger partial charge on any atom is -0.00162 e.